The number of primary amides is 1. The van der Waals surface area contributed by atoms with Gasteiger partial charge in [0.1, 0.15) is 5.69 Å². The van der Waals surface area contributed by atoms with Crippen LogP contribution >= 0.6 is 34.5 Å². The zero-order valence-electron chi connectivity index (χ0n) is 10.0. The van der Waals surface area contributed by atoms with E-state index in [0.717, 1.165) is 11.3 Å². The molecule has 2 amide bonds. The Morgan fingerprint density at radius 2 is 2.10 bits per heavy atom. The summed E-state index contributed by atoms with van der Waals surface area (Å²) in [5.41, 5.74) is 5.81. The lowest BCUT2D eigenvalue weighted by Gasteiger charge is -2.05. The number of anilines is 1. The minimum atomic E-state index is -0.639. The third kappa shape index (κ3) is 3.47. The third-order valence-electron chi connectivity index (χ3n) is 2.39. The Labute approximate surface area is 128 Å². The van der Waals surface area contributed by atoms with Gasteiger partial charge in [0.05, 0.1) is 16.5 Å². The average molecular weight is 330 g/mol. The second-order valence-corrected chi connectivity index (χ2v) is 5.48. The highest BCUT2D eigenvalue weighted by Gasteiger charge is 2.12. The van der Waals surface area contributed by atoms with Gasteiger partial charge in [-0.1, -0.05) is 35.3 Å². The summed E-state index contributed by atoms with van der Waals surface area (Å²) in [5.74, 6) is -0.945. The lowest BCUT2D eigenvalue weighted by atomic mass is 10.1. The second-order valence-electron chi connectivity index (χ2n) is 3.84. The first kappa shape index (κ1) is 14.8. The minimum absolute atomic E-state index is 0.0604. The molecule has 8 heteroatoms. The molecule has 0 unspecified atom stereocenters. The lowest BCUT2D eigenvalue weighted by Crippen LogP contribution is -2.15. The first-order chi connectivity index (χ1) is 9.47. The SMILES string of the molecule is NC(=O)c1csc(NC(=O)Cc2cccc(Cl)c2Cl)n1. The summed E-state index contributed by atoms with van der Waals surface area (Å²) in [6.45, 7) is 0. The molecule has 0 radical (unpaired) electrons. The van der Waals surface area contributed by atoms with E-state index in [1.807, 2.05) is 0 Å². The number of aromatic nitrogens is 1. The number of hydrogen-bond acceptors (Lipinski definition) is 4. The van der Waals surface area contributed by atoms with E-state index in [4.69, 9.17) is 28.9 Å². The quantitative estimate of drug-likeness (QED) is 0.904. The largest absolute Gasteiger partial charge is 0.364 e. The molecule has 3 N–H and O–H groups in total. The zero-order valence-corrected chi connectivity index (χ0v) is 12.4. The molecule has 0 fully saturated rings. The maximum atomic E-state index is 11.9. The van der Waals surface area contributed by atoms with Gasteiger partial charge in [-0.3, -0.25) is 9.59 Å². The summed E-state index contributed by atoms with van der Waals surface area (Å²) in [7, 11) is 0. The fraction of sp³-hybridized carbons (Fsp3) is 0.0833. The van der Waals surface area contributed by atoms with E-state index >= 15 is 0 Å². The molecule has 0 atom stereocenters. The van der Waals surface area contributed by atoms with E-state index in [0.29, 0.717) is 20.7 Å². The molecule has 2 rings (SSSR count). The number of rotatable bonds is 4. The smallest absolute Gasteiger partial charge is 0.268 e. The van der Waals surface area contributed by atoms with Gasteiger partial charge in [-0.15, -0.1) is 11.3 Å². The summed E-state index contributed by atoms with van der Waals surface area (Å²) in [6, 6.07) is 5.07. The van der Waals surface area contributed by atoms with Gasteiger partial charge in [0.2, 0.25) is 5.91 Å². The predicted octanol–water partition coefficient (Wildman–Crippen LogP) is 2.73. The molecule has 20 heavy (non-hydrogen) atoms. The van der Waals surface area contributed by atoms with Gasteiger partial charge in [0.25, 0.3) is 5.91 Å². The van der Waals surface area contributed by atoms with Crippen molar-refractivity contribution in [3.05, 3.63) is 44.9 Å². The van der Waals surface area contributed by atoms with Gasteiger partial charge < -0.3 is 11.1 Å². The van der Waals surface area contributed by atoms with E-state index in [-0.39, 0.29) is 18.0 Å². The number of benzene rings is 1. The minimum Gasteiger partial charge on any atom is -0.364 e. The van der Waals surface area contributed by atoms with Crippen LogP contribution in [0.2, 0.25) is 10.0 Å². The first-order valence-corrected chi connectivity index (χ1v) is 7.09. The summed E-state index contributed by atoms with van der Waals surface area (Å²) in [5, 5.41) is 5.09. The second kappa shape index (κ2) is 6.21. The molecular weight excluding hydrogens is 321 g/mol. The summed E-state index contributed by atoms with van der Waals surface area (Å²) >= 11 is 13.0. The maximum Gasteiger partial charge on any atom is 0.268 e. The van der Waals surface area contributed by atoms with Crippen molar-refractivity contribution < 1.29 is 9.59 Å². The topological polar surface area (TPSA) is 85.1 Å². The van der Waals surface area contributed by atoms with E-state index in [1.54, 1.807) is 18.2 Å². The standard InChI is InChI=1S/C12H9Cl2N3O2S/c13-7-3-1-2-6(10(7)14)4-9(18)17-12-16-8(5-20-12)11(15)19/h1-3,5H,4H2,(H2,15,19)(H,16,17,18). The molecular formula is C12H9Cl2N3O2S. The molecule has 0 bridgehead atoms. The lowest BCUT2D eigenvalue weighted by molar-refractivity contribution is -0.115. The first-order valence-electron chi connectivity index (χ1n) is 5.45. The summed E-state index contributed by atoms with van der Waals surface area (Å²) in [6.07, 6.45) is 0.0604. The molecule has 0 aliphatic rings. The number of carbonyl (C=O) groups excluding carboxylic acids is 2. The Bertz CT molecular complexity index is 672. The van der Waals surface area contributed by atoms with Gasteiger partial charge in [-0.25, -0.2) is 4.98 Å². The number of amides is 2. The fourth-order valence-electron chi connectivity index (χ4n) is 1.47. The maximum absolute atomic E-state index is 11.9. The van der Waals surface area contributed by atoms with Gasteiger partial charge in [-0.05, 0) is 11.6 Å². The van der Waals surface area contributed by atoms with Gasteiger partial charge >= 0.3 is 0 Å². The normalized spacial score (nSPS) is 10.3. The van der Waals surface area contributed by atoms with E-state index < -0.39 is 5.91 Å². The Balaban J connectivity index is 2.05. The van der Waals surface area contributed by atoms with Crippen LogP contribution in [0.1, 0.15) is 16.1 Å². The highest BCUT2D eigenvalue weighted by atomic mass is 35.5. The average Bonchev–Trinajstić information content (AvgIpc) is 2.83. The number of nitrogens with two attached hydrogens (primary N) is 1. The molecule has 0 aliphatic heterocycles. The van der Waals surface area contributed by atoms with Crippen LogP contribution in [0.3, 0.4) is 0 Å². The molecule has 5 nitrogen and oxygen atoms in total. The van der Waals surface area contributed by atoms with Gasteiger partial charge in [0.15, 0.2) is 5.13 Å². The molecule has 1 aromatic carbocycles. The number of carbonyl (C=O) groups is 2. The fourth-order valence-corrected chi connectivity index (χ4v) is 2.57. The van der Waals surface area contributed by atoms with Crippen molar-refractivity contribution in [2.24, 2.45) is 5.73 Å². The highest BCUT2D eigenvalue weighted by molar-refractivity contribution is 7.14. The number of nitrogens with zero attached hydrogens (tertiary/aromatic N) is 1. The molecule has 104 valence electrons. The molecule has 0 aliphatic carbocycles. The van der Waals surface area contributed by atoms with Crippen molar-refractivity contribution in [2.75, 3.05) is 5.32 Å². The van der Waals surface area contributed by atoms with E-state index in [1.165, 1.54) is 5.38 Å². The third-order valence-corrected chi connectivity index (χ3v) is 4.00. The van der Waals surface area contributed by atoms with Crippen molar-refractivity contribution in [3.63, 3.8) is 0 Å². The molecule has 0 spiro atoms. The van der Waals surface area contributed by atoms with Crippen LogP contribution < -0.4 is 11.1 Å². The van der Waals surface area contributed by atoms with E-state index in [9.17, 15) is 9.59 Å². The Hall–Kier alpha value is -1.63. The van der Waals surface area contributed by atoms with Gasteiger partial charge in [-0.2, -0.15) is 0 Å². The van der Waals surface area contributed by atoms with Crippen LogP contribution in [0.5, 0.6) is 0 Å². The monoisotopic (exact) mass is 329 g/mol. The van der Waals surface area contributed by atoms with Crippen LogP contribution in [0.25, 0.3) is 0 Å². The number of hydrogen-bond donors (Lipinski definition) is 2. The zero-order chi connectivity index (χ0) is 14.7. The number of nitrogens with one attached hydrogen (secondary N) is 1. The van der Waals surface area contributed by atoms with Crippen LogP contribution in [-0.4, -0.2) is 16.8 Å². The molecule has 0 saturated heterocycles. The van der Waals surface area contributed by atoms with Crippen molar-refractivity contribution in [2.45, 2.75) is 6.42 Å². The molecule has 0 saturated carbocycles. The van der Waals surface area contributed by atoms with E-state index in [2.05, 4.69) is 10.3 Å². The Morgan fingerprint density at radius 1 is 1.35 bits per heavy atom. The van der Waals surface area contributed by atoms with Crippen molar-refractivity contribution >= 4 is 51.5 Å². The van der Waals surface area contributed by atoms with Crippen LogP contribution in [0, 0.1) is 0 Å². The molecule has 1 heterocycles. The van der Waals surface area contributed by atoms with Crippen molar-refractivity contribution in [1.82, 2.24) is 4.98 Å². The van der Waals surface area contributed by atoms with Gasteiger partial charge in [0, 0.05) is 5.38 Å². The van der Waals surface area contributed by atoms with Crippen molar-refractivity contribution in [1.29, 1.82) is 0 Å². The predicted molar refractivity (Wildman–Crippen MR) is 79.4 cm³/mol. The van der Waals surface area contributed by atoms with Crippen molar-refractivity contribution in [3.8, 4) is 0 Å². The number of halogens is 2. The van der Waals surface area contributed by atoms with Crippen LogP contribution in [-0.2, 0) is 11.2 Å². The molecule has 1 aromatic heterocycles. The molecule has 2 aromatic rings. The Morgan fingerprint density at radius 3 is 2.75 bits per heavy atom. The number of thiazole rings is 1. The van der Waals surface area contributed by atoms with Crippen LogP contribution in [0.15, 0.2) is 23.6 Å². The summed E-state index contributed by atoms with van der Waals surface area (Å²) < 4.78 is 0. The Kier molecular flexibility index (Phi) is 4.59. The highest BCUT2D eigenvalue weighted by Crippen LogP contribution is 2.26. The van der Waals surface area contributed by atoms with Crippen LogP contribution in [0.4, 0.5) is 5.13 Å². The summed E-state index contributed by atoms with van der Waals surface area (Å²) in [4.78, 5) is 26.6.